The number of ether oxygens (including phenoxy) is 2. The fourth-order valence-electron chi connectivity index (χ4n) is 3.45. The van der Waals surface area contributed by atoms with Crippen LogP contribution in [0.3, 0.4) is 0 Å². The van der Waals surface area contributed by atoms with Gasteiger partial charge in [0.05, 0.1) is 25.5 Å². The maximum Gasteiger partial charge on any atom is 0.325 e. The minimum Gasteiger partial charge on any atom is -0.493 e. The normalized spacial score (nSPS) is 16.8. The Balaban J connectivity index is 1.77. The highest BCUT2D eigenvalue weighted by Crippen LogP contribution is 2.33. The number of hydrogen-bond donors (Lipinski definition) is 1. The Labute approximate surface area is 157 Å². The number of carbonyl (C=O) groups excluding carboxylic acids is 1. The molecule has 0 radical (unpaired) electrons. The van der Waals surface area contributed by atoms with Gasteiger partial charge in [-0.3, -0.25) is 14.3 Å². The highest BCUT2D eigenvalue weighted by molar-refractivity contribution is 5.98. The highest BCUT2D eigenvalue weighted by Gasteiger charge is 2.29. The van der Waals surface area contributed by atoms with E-state index < -0.39 is 5.97 Å². The molecule has 1 aliphatic heterocycles. The Morgan fingerprint density at radius 1 is 1.26 bits per heavy atom. The minimum atomic E-state index is -0.935. The number of amides is 1. The molecule has 0 bridgehead atoms. The standard InChI is InChI=1S/C19H23N3O5/c1-26-16-7-3-6-14(18(16)27-2)19(25)21-9-4-5-13(11-21)15-8-10-22(20-15)12-17(23)24/h3,6-8,10,13H,4-5,9,11-12H2,1-2H3,(H,23,24)/t13-/m0/s1. The van der Waals surface area contributed by atoms with E-state index in [2.05, 4.69) is 5.10 Å². The Morgan fingerprint density at radius 2 is 2.07 bits per heavy atom. The lowest BCUT2D eigenvalue weighted by Gasteiger charge is -2.32. The average molecular weight is 373 g/mol. The molecule has 1 aliphatic rings. The molecule has 2 aromatic rings. The number of aromatic nitrogens is 2. The number of carboxylic acid groups (broad SMARTS) is 1. The van der Waals surface area contributed by atoms with Crippen LogP contribution in [0.15, 0.2) is 30.5 Å². The number of piperidine rings is 1. The Morgan fingerprint density at radius 3 is 2.78 bits per heavy atom. The van der Waals surface area contributed by atoms with Crippen LogP contribution in [0.25, 0.3) is 0 Å². The monoisotopic (exact) mass is 373 g/mol. The molecule has 1 aromatic heterocycles. The quantitative estimate of drug-likeness (QED) is 0.832. The van der Waals surface area contributed by atoms with E-state index in [9.17, 15) is 9.59 Å². The average Bonchev–Trinajstić information content (AvgIpc) is 3.14. The molecule has 0 saturated carbocycles. The zero-order chi connectivity index (χ0) is 19.4. The summed E-state index contributed by atoms with van der Waals surface area (Å²) in [4.78, 5) is 25.7. The largest absolute Gasteiger partial charge is 0.493 e. The second-order valence-electron chi connectivity index (χ2n) is 6.46. The van der Waals surface area contributed by atoms with Gasteiger partial charge in [-0.25, -0.2) is 0 Å². The van der Waals surface area contributed by atoms with Crippen LogP contribution in [0, 0.1) is 0 Å². The molecule has 1 saturated heterocycles. The lowest BCUT2D eigenvalue weighted by Crippen LogP contribution is -2.39. The number of aliphatic carboxylic acids is 1. The number of nitrogens with zero attached hydrogens (tertiary/aromatic N) is 3. The van der Waals surface area contributed by atoms with Crippen molar-refractivity contribution in [1.82, 2.24) is 14.7 Å². The van der Waals surface area contributed by atoms with E-state index in [0.29, 0.717) is 30.2 Å². The molecule has 1 aromatic carbocycles. The molecule has 0 aliphatic carbocycles. The number of carbonyl (C=O) groups is 2. The Hall–Kier alpha value is -3.03. The Kier molecular flexibility index (Phi) is 5.63. The number of para-hydroxylation sites is 1. The van der Waals surface area contributed by atoms with E-state index in [-0.39, 0.29) is 18.4 Å². The van der Waals surface area contributed by atoms with Crippen molar-refractivity contribution in [1.29, 1.82) is 0 Å². The fourth-order valence-corrected chi connectivity index (χ4v) is 3.45. The maximum absolute atomic E-state index is 13.1. The molecule has 1 atom stereocenters. The molecule has 8 nitrogen and oxygen atoms in total. The number of rotatable bonds is 6. The van der Waals surface area contributed by atoms with Crippen molar-refractivity contribution in [3.63, 3.8) is 0 Å². The van der Waals surface area contributed by atoms with Gasteiger partial charge in [-0.05, 0) is 31.0 Å². The molecule has 2 heterocycles. The number of carboxylic acids is 1. The van der Waals surface area contributed by atoms with Gasteiger partial charge in [-0.1, -0.05) is 6.07 Å². The first-order valence-electron chi connectivity index (χ1n) is 8.79. The van der Waals surface area contributed by atoms with E-state index in [1.165, 1.54) is 18.9 Å². The van der Waals surface area contributed by atoms with Crippen LogP contribution in [0.1, 0.15) is 34.8 Å². The van der Waals surface area contributed by atoms with Gasteiger partial charge >= 0.3 is 5.97 Å². The van der Waals surface area contributed by atoms with Crippen LogP contribution in [0.5, 0.6) is 11.5 Å². The van der Waals surface area contributed by atoms with Gasteiger partial charge in [0.25, 0.3) is 5.91 Å². The highest BCUT2D eigenvalue weighted by atomic mass is 16.5. The summed E-state index contributed by atoms with van der Waals surface area (Å²) in [6, 6.07) is 7.08. The van der Waals surface area contributed by atoms with Gasteiger partial charge in [0.15, 0.2) is 11.5 Å². The number of benzene rings is 1. The second kappa shape index (κ2) is 8.11. The summed E-state index contributed by atoms with van der Waals surface area (Å²) in [7, 11) is 3.05. The van der Waals surface area contributed by atoms with E-state index in [4.69, 9.17) is 14.6 Å². The Bertz CT molecular complexity index is 833. The predicted octanol–water partition coefficient (Wildman–Crippen LogP) is 2.00. The summed E-state index contributed by atoms with van der Waals surface area (Å²) in [5.74, 6) is -0.0211. The fraction of sp³-hybridized carbons (Fsp3) is 0.421. The SMILES string of the molecule is COc1cccc(C(=O)N2CCC[C@H](c3ccn(CC(=O)O)n3)C2)c1OC. The van der Waals surface area contributed by atoms with Crippen LogP contribution >= 0.6 is 0 Å². The van der Waals surface area contributed by atoms with Crippen molar-refractivity contribution in [3.05, 3.63) is 41.7 Å². The summed E-state index contributed by atoms with van der Waals surface area (Å²) in [5.41, 5.74) is 1.28. The van der Waals surface area contributed by atoms with Gasteiger partial charge in [0, 0.05) is 25.2 Å². The number of likely N-dealkylation sites (tertiary alicyclic amines) is 1. The first-order valence-corrected chi connectivity index (χ1v) is 8.79. The lowest BCUT2D eigenvalue weighted by molar-refractivity contribution is -0.137. The lowest BCUT2D eigenvalue weighted by atomic mass is 9.94. The molecular formula is C19H23N3O5. The van der Waals surface area contributed by atoms with Gasteiger partial charge in [-0.2, -0.15) is 5.10 Å². The van der Waals surface area contributed by atoms with Crippen LogP contribution in [-0.4, -0.2) is 59.0 Å². The summed E-state index contributed by atoms with van der Waals surface area (Å²) in [5, 5.41) is 13.2. The first kappa shape index (κ1) is 18.8. The molecule has 0 unspecified atom stereocenters. The summed E-state index contributed by atoms with van der Waals surface area (Å²) in [6.07, 6.45) is 3.42. The zero-order valence-corrected chi connectivity index (χ0v) is 15.4. The van der Waals surface area contributed by atoms with Gasteiger partial charge in [0.1, 0.15) is 6.54 Å². The van der Waals surface area contributed by atoms with Crippen LogP contribution < -0.4 is 9.47 Å². The van der Waals surface area contributed by atoms with Gasteiger partial charge in [0.2, 0.25) is 0 Å². The molecule has 8 heteroatoms. The third kappa shape index (κ3) is 4.05. The molecular weight excluding hydrogens is 350 g/mol. The molecule has 1 N–H and O–H groups in total. The second-order valence-corrected chi connectivity index (χ2v) is 6.46. The maximum atomic E-state index is 13.1. The van der Waals surface area contributed by atoms with Gasteiger partial charge in [-0.15, -0.1) is 0 Å². The van der Waals surface area contributed by atoms with E-state index in [1.807, 2.05) is 6.07 Å². The summed E-state index contributed by atoms with van der Waals surface area (Å²) < 4.78 is 12.1. The number of hydrogen-bond acceptors (Lipinski definition) is 5. The van der Waals surface area contributed by atoms with Crippen molar-refractivity contribution < 1.29 is 24.2 Å². The molecule has 1 fully saturated rings. The smallest absolute Gasteiger partial charge is 0.325 e. The van der Waals surface area contributed by atoms with Crippen LogP contribution in [0.2, 0.25) is 0 Å². The zero-order valence-electron chi connectivity index (χ0n) is 15.4. The van der Waals surface area contributed by atoms with Crippen molar-refractivity contribution in [2.45, 2.75) is 25.3 Å². The summed E-state index contributed by atoms with van der Waals surface area (Å²) in [6.45, 7) is 1.02. The number of methoxy groups -OCH3 is 2. The topological polar surface area (TPSA) is 93.9 Å². The predicted molar refractivity (Wildman–Crippen MR) is 97.3 cm³/mol. The van der Waals surface area contributed by atoms with Crippen LogP contribution in [0.4, 0.5) is 0 Å². The molecule has 0 spiro atoms. The third-order valence-electron chi connectivity index (χ3n) is 4.72. The van der Waals surface area contributed by atoms with Gasteiger partial charge < -0.3 is 19.5 Å². The molecule has 144 valence electrons. The molecule has 3 rings (SSSR count). The van der Waals surface area contributed by atoms with Crippen molar-refractivity contribution >= 4 is 11.9 Å². The van der Waals surface area contributed by atoms with Crippen molar-refractivity contribution in [2.75, 3.05) is 27.3 Å². The van der Waals surface area contributed by atoms with Crippen molar-refractivity contribution in [3.8, 4) is 11.5 Å². The summed E-state index contributed by atoms with van der Waals surface area (Å²) >= 11 is 0. The van der Waals surface area contributed by atoms with E-state index in [0.717, 1.165) is 18.5 Å². The van der Waals surface area contributed by atoms with Crippen LogP contribution in [-0.2, 0) is 11.3 Å². The molecule has 1 amide bonds. The third-order valence-corrected chi connectivity index (χ3v) is 4.72. The first-order chi connectivity index (χ1) is 13.0. The van der Waals surface area contributed by atoms with Crippen molar-refractivity contribution in [2.24, 2.45) is 0 Å². The van der Waals surface area contributed by atoms with E-state index >= 15 is 0 Å². The minimum absolute atomic E-state index is 0.0781. The van der Waals surface area contributed by atoms with E-state index in [1.54, 1.807) is 29.3 Å². The molecule has 27 heavy (non-hydrogen) atoms.